The molecule has 7 N–H and O–H groups in total. The van der Waals surface area contributed by atoms with Gasteiger partial charge in [0, 0.05) is 6.42 Å². The van der Waals surface area contributed by atoms with Gasteiger partial charge in [0.2, 0.25) is 11.6 Å². The molecular formula is C12H15FN5O12P3. The summed E-state index contributed by atoms with van der Waals surface area (Å²) in [6.45, 7) is -0.934. The summed E-state index contributed by atoms with van der Waals surface area (Å²) in [5, 5.41) is 0. The van der Waals surface area contributed by atoms with Crippen molar-refractivity contribution in [3.8, 4) is 12.3 Å². The third kappa shape index (κ3) is 5.93. The van der Waals surface area contributed by atoms with Crippen LogP contribution in [0.1, 0.15) is 12.6 Å². The SMILES string of the molecule is C#C[C@]1(F)C[C@@H](COP(=O)(O)OP(=O)(O)OP(=O)(O)O)O[C@@H]1n1cnc2c(=O)[nH]c(N)nc21. The summed E-state index contributed by atoms with van der Waals surface area (Å²) < 4.78 is 67.2. The van der Waals surface area contributed by atoms with Gasteiger partial charge in [-0.15, -0.1) is 6.42 Å². The number of phosphoric acid groups is 3. The fourth-order valence-electron chi connectivity index (χ4n) is 2.88. The van der Waals surface area contributed by atoms with Crippen molar-refractivity contribution in [1.82, 2.24) is 19.5 Å². The van der Waals surface area contributed by atoms with Gasteiger partial charge in [0.25, 0.3) is 5.56 Å². The molecule has 0 aliphatic carbocycles. The molecule has 0 saturated carbocycles. The molecule has 0 amide bonds. The molecule has 2 unspecified atom stereocenters. The van der Waals surface area contributed by atoms with Gasteiger partial charge in [-0.2, -0.15) is 13.6 Å². The number of hydrogen-bond donors (Lipinski definition) is 6. The number of phosphoric ester groups is 1. The summed E-state index contributed by atoms with van der Waals surface area (Å²) in [5.41, 5.74) is 1.83. The maximum absolute atomic E-state index is 15.4. The van der Waals surface area contributed by atoms with E-state index in [1.165, 1.54) is 0 Å². The third-order valence-electron chi connectivity index (χ3n) is 4.02. The van der Waals surface area contributed by atoms with E-state index in [9.17, 15) is 23.4 Å². The number of fused-ring (bicyclic) bond motifs is 1. The number of nitrogens with one attached hydrogen (secondary N) is 1. The monoisotopic (exact) mass is 533 g/mol. The Morgan fingerprint density at radius 2 is 2.00 bits per heavy atom. The molecule has 182 valence electrons. The number of nitrogen functional groups attached to an aromatic ring is 1. The predicted molar refractivity (Wildman–Crippen MR) is 104 cm³/mol. The highest BCUT2D eigenvalue weighted by Crippen LogP contribution is 2.66. The number of rotatable bonds is 8. The second-order valence-electron chi connectivity index (χ2n) is 6.48. The average Bonchev–Trinajstić information content (AvgIpc) is 3.18. The van der Waals surface area contributed by atoms with Crippen LogP contribution < -0.4 is 11.3 Å². The summed E-state index contributed by atoms with van der Waals surface area (Å²) >= 11 is 0. The quantitative estimate of drug-likeness (QED) is 0.188. The highest BCUT2D eigenvalue weighted by atomic mass is 31.3. The fraction of sp³-hybridized carbons (Fsp3) is 0.417. The lowest BCUT2D eigenvalue weighted by Gasteiger charge is -2.21. The predicted octanol–water partition coefficient (Wildman–Crippen LogP) is -0.326. The number of aromatic amines is 1. The topological polar surface area (TPSA) is 259 Å². The van der Waals surface area contributed by atoms with E-state index in [0.717, 1.165) is 10.9 Å². The van der Waals surface area contributed by atoms with Gasteiger partial charge < -0.3 is 30.0 Å². The van der Waals surface area contributed by atoms with Crippen molar-refractivity contribution in [3.05, 3.63) is 16.7 Å². The zero-order chi connectivity index (χ0) is 24.8. The number of imidazole rings is 1. The second-order valence-corrected chi connectivity index (χ2v) is 10.9. The van der Waals surface area contributed by atoms with Gasteiger partial charge in [-0.05, 0) is 0 Å². The number of nitrogens with two attached hydrogens (primary N) is 1. The first kappa shape index (κ1) is 25.6. The first-order valence-corrected chi connectivity index (χ1v) is 12.9. The molecule has 3 heterocycles. The van der Waals surface area contributed by atoms with Gasteiger partial charge in [0.05, 0.1) is 19.0 Å². The first-order valence-electron chi connectivity index (χ1n) is 8.37. The number of aromatic nitrogens is 4. The number of ether oxygens (including phenoxy) is 1. The first-order chi connectivity index (χ1) is 15.0. The van der Waals surface area contributed by atoms with Crippen LogP contribution in [-0.2, 0) is 31.6 Å². The molecular weight excluding hydrogens is 518 g/mol. The van der Waals surface area contributed by atoms with Crippen LogP contribution in [0.4, 0.5) is 10.3 Å². The molecule has 2 aromatic heterocycles. The zero-order valence-electron chi connectivity index (χ0n) is 15.9. The number of anilines is 1. The highest BCUT2D eigenvalue weighted by Gasteiger charge is 2.51. The lowest BCUT2D eigenvalue weighted by Crippen LogP contribution is -2.29. The minimum absolute atomic E-state index is 0.174. The summed E-state index contributed by atoms with van der Waals surface area (Å²) in [6, 6.07) is 0. The average molecular weight is 533 g/mol. The molecule has 1 saturated heterocycles. The van der Waals surface area contributed by atoms with E-state index < -0.39 is 60.1 Å². The Labute approximate surface area is 182 Å². The van der Waals surface area contributed by atoms with Crippen LogP contribution in [-0.4, -0.2) is 57.5 Å². The molecule has 2 aromatic rings. The van der Waals surface area contributed by atoms with Gasteiger partial charge in [0.15, 0.2) is 17.4 Å². The van der Waals surface area contributed by atoms with Crippen molar-refractivity contribution in [3.63, 3.8) is 0 Å². The van der Waals surface area contributed by atoms with Crippen molar-refractivity contribution in [2.45, 2.75) is 24.4 Å². The Balaban J connectivity index is 1.77. The highest BCUT2D eigenvalue weighted by molar-refractivity contribution is 7.66. The minimum atomic E-state index is -5.73. The molecule has 3 rings (SSSR count). The summed E-state index contributed by atoms with van der Waals surface area (Å²) in [7, 11) is -16.8. The minimum Gasteiger partial charge on any atom is -0.369 e. The molecule has 21 heteroatoms. The van der Waals surface area contributed by atoms with Gasteiger partial charge >= 0.3 is 23.5 Å². The Hall–Kier alpha value is -1.99. The molecule has 0 spiro atoms. The van der Waals surface area contributed by atoms with E-state index >= 15 is 4.39 Å². The molecule has 33 heavy (non-hydrogen) atoms. The van der Waals surface area contributed by atoms with Crippen LogP contribution in [0.5, 0.6) is 0 Å². The molecule has 0 radical (unpaired) electrons. The van der Waals surface area contributed by atoms with Gasteiger partial charge in [-0.1, -0.05) is 5.92 Å². The molecule has 1 aliphatic rings. The van der Waals surface area contributed by atoms with Crippen LogP contribution in [0, 0.1) is 12.3 Å². The van der Waals surface area contributed by atoms with E-state index in [2.05, 4.69) is 28.1 Å². The van der Waals surface area contributed by atoms with E-state index in [1.54, 1.807) is 0 Å². The fourth-order valence-corrected chi connectivity index (χ4v) is 5.93. The molecule has 5 atom stereocenters. The van der Waals surface area contributed by atoms with Crippen molar-refractivity contribution in [2.24, 2.45) is 0 Å². The summed E-state index contributed by atoms with van der Waals surface area (Å²) in [5.74, 6) is 1.56. The molecule has 17 nitrogen and oxygen atoms in total. The Morgan fingerprint density at radius 1 is 1.33 bits per heavy atom. The largest absolute Gasteiger partial charge is 0.490 e. The zero-order valence-corrected chi connectivity index (χ0v) is 18.6. The lowest BCUT2D eigenvalue weighted by molar-refractivity contribution is -0.0467. The number of terminal acetylenes is 1. The third-order valence-corrected chi connectivity index (χ3v) is 7.82. The van der Waals surface area contributed by atoms with Crippen LogP contribution >= 0.6 is 23.5 Å². The number of alkyl halides is 1. The van der Waals surface area contributed by atoms with Crippen LogP contribution in [0.3, 0.4) is 0 Å². The number of nitrogens with zero attached hydrogens (tertiary/aromatic N) is 3. The molecule has 0 bridgehead atoms. The van der Waals surface area contributed by atoms with Crippen LogP contribution in [0.25, 0.3) is 11.2 Å². The van der Waals surface area contributed by atoms with Crippen molar-refractivity contribution in [2.75, 3.05) is 12.3 Å². The number of H-pyrrole nitrogens is 1. The number of hydrogen-bond acceptors (Lipinski definition) is 11. The van der Waals surface area contributed by atoms with E-state index in [4.69, 9.17) is 31.6 Å². The molecule has 1 fully saturated rings. The normalized spacial score (nSPS) is 27.2. The molecule has 1 aliphatic heterocycles. The smallest absolute Gasteiger partial charge is 0.369 e. The maximum atomic E-state index is 15.4. The second kappa shape index (κ2) is 8.66. The maximum Gasteiger partial charge on any atom is 0.490 e. The van der Waals surface area contributed by atoms with Crippen LogP contribution in [0.15, 0.2) is 11.1 Å². The standard InChI is InChI=1S/C12H15FN5O12P3/c1-2-12(13)3-6(4-27-32(23,24)30-33(25,26)29-31(20,21)22)28-10(12)18-5-15-7-8(18)16-11(14)17-9(7)19/h1,5-6,10H,3-4H2,(H,23,24)(H,25,26)(H2,20,21,22)(H3,14,16,17,19)/t6-,10-,12-/m0/s1. The lowest BCUT2D eigenvalue weighted by atomic mass is 10.0. The van der Waals surface area contributed by atoms with Crippen LogP contribution in [0.2, 0.25) is 0 Å². The Morgan fingerprint density at radius 3 is 2.61 bits per heavy atom. The van der Waals surface area contributed by atoms with Crippen molar-refractivity contribution in [1.29, 1.82) is 0 Å². The Bertz CT molecular complexity index is 1320. The van der Waals surface area contributed by atoms with E-state index in [1.807, 2.05) is 5.92 Å². The van der Waals surface area contributed by atoms with Gasteiger partial charge in [0.1, 0.15) is 0 Å². The van der Waals surface area contributed by atoms with Gasteiger partial charge in [-0.3, -0.25) is 18.9 Å². The number of halogens is 1. The van der Waals surface area contributed by atoms with E-state index in [0.29, 0.717) is 0 Å². The summed E-state index contributed by atoms with van der Waals surface area (Å²) in [6.07, 6.45) is 2.67. The summed E-state index contributed by atoms with van der Waals surface area (Å²) in [4.78, 5) is 57.5. The van der Waals surface area contributed by atoms with Crippen molar-refractivity contribution < 1.29 is 55.5 Å². The van der Waals surface area contributed by atoms with Gasteiger partial charge in [-0.25, -0.2) is 23.1 Å². The molecule has 0 aromatic carbocycles. The van der Waals surface area contributed by atoms with E-state index in [-0.39, 0.29) is 17.1 Å². The van der Waals surface area contributed by atoms with Crippen molar-refractivity contribution >= 4 is 40.6 Å². The Kier molecular flexibility index (Phi) is 6.72.